The first-order valence-electron chi connectivity index (χ1n) is 9.86. The number of fused-ring (bicyclic) bond motifs is 1. The van der Waals surface area contributed by atoms with Crippen LogP contribution in [0.1, 0.15) is 28.8 Å². The van der Waals surface area contributed by atoms with Gasteiger partial charge in [0.2, 0.25) is 15.7 Å². The summed E-state index contributed by atoms with van der Waals surface area (Å²) in [6.07, 6.45) is 3.74. The molecule has 5 nitrogen and oxygen atoms in total. The summed E-state index contributed by atoms with van der Waals surface area (Å²) in [6, 6.07) is 15.7. The molecule has 0 fully saturated rings. The summed E-state index contributed by atoms with van der Waals surface area (Å²) in [5.74, 6) is 0.490. The maximum Gasteiger partial charge on any atom is 0.229 e. The number of benzene rings is 2. The summed E-state index contributed by atoms with van der Waals surface area (Å²) < 4.78 is 32.0. The van der Waals surface area contributed by atoms with E-state index in [0.29, 0.717) is 5.00 Å². The van der Waals surface area contributed by atoms with E-state index >= 15 is 0 Å². The number of nitrogens with one attached hydrogen (secondary N) is 1. The van der Waals surface area contributed by atoms with Crippen LogP contribution >= 0.6 is 11.3 Å². The minimum Gasteiger partial charge on any atom is -0.497 e. The maximum absolute atomic E-state index is 13.4. The second-order valence-electron chi connectivity index (χ2n) is 7.26. The number of sulfone groups is 1. The third kappa shape index (κ3) is 4.13. The molecule has 0 atom stereocenters. The summed E-state index contributed by atoms with van der Waals surface area (Å²) in [5, 5.41) is 3.32. The second kappa shape index (κ2) is 8.62. The summed E-state index contributed by atoms with van der Waals surface area (Å²) in [4.78, 5) is 14.3. The molecule has 0 aliphatic heterocycles. The molecule has 4 rings (SSSR count). The van der Waals surface area contributed by atoms with E-state index in [1.165, 1.54) is 11.3 Å². The zero-order valence-electron chi connectivity index (χ0n) is 16.7. The highest BCUT2D eigenvalue weighted by Gasteiger charge is 2.31. The van der Waals surface area contributed by atoms with E-state index in [0.717, 1.165) is 47.4 Å². The largest absolute Gasteiger partial charge is 0.497 e. The predicted molar refractivity (Wildman–Crippen MR) is 118 cm³/mol. The molecule has 156 valence electrons. The van der Waals surface area contributed by atoms with Gasteiger partial charge >= 0.3 is 0 Å². The quantitative estimate of drug-likeness (QED) is 0.604. The van der Waals surface area contributed by atoms with E-state index in [-0.39, 0.29) is 22.1 Å². The van der Waals surface area contributed by atoms with Crippen molar-refractivity contribution < 1.29 is 17.9 Å². The van der Waals surface area contributed by atoms with Crippen LogP contribution in [-0.4, -0.2) is 21.4 Å². The van der Waals surface area contributed by atoms with Gasteiger partial charge in [0.05, 0.1) is 18.4 Å². The van der Waals surface area contributed by atoms with Crippen LogP contribution < -0.4 is 10.1 Å². The Morgan fingerprint density at radius 2 is 1.73 bits per heavy atom. The number of thiophene rings is 1. The highest BCUT2D eigenvalue weighted by atomic mass is 32.2. The SMILES string of the molecule is COc1ccc(CC(=O)Nc2sc3c(c2S(=O)(=O)c2ccccc2)CCCC3)cc1. The minimum absolute atomic E-state index is 0.164. The van der Waals surface area contributed by atoms with Crippen LogP contribution in [0.3, 0.4) is 0 Å². The first kappa shape index (κ1) is 20.6. The van der Waals surface area contributed by atoms with E-state index in [1.54, 1.807) is 49.6 Å². The lowest BCUT2D eigenvalue weighted by Gasteiger charge is -2.14. The molecular weight excluding hydrogens is 418 g/mol. The first-order chi connectivity index (χ1) is 14.5. The molecule has 0 radical (unpaired) electrons. The Hall–Kier alpha value is -2.64. The molecule has 1 heterocycles. The van der Waals surface area contributed by atoms with Crippen LogP contribution in [0.2, 0.25) is 0 Å². The lowest BCUT2D eigenvalue weighted by atomic mass is 9.99. The minimum atomic E-state index is -3.72. The summed E-state index contributed by atoms with van der Waals surface area (Å²) in [5.41, 5.74) is 1.71. The number of amides is 1. The molecule has 0 saturated heterocycles. The fourth-order valence-electron chi connectivity index (χ4n) is 3.72. The number of hydrogen-bond donors (Lipinski definition) is 1. The summed E-state index contributed by atoms with van der Waals surface area (Å²) >= 11 is 1.40. The van der Waals surface area contributed by atoms with Crippen LogP contribution in [0.4, 0.5) is 5.00 Å². The first-order valence-corrected chi connectivity index (χ1v) is 12.2. The zero-order chi connectivity index (χ0) is 21.1. The maximum atomic E-state index is 13.4. The Balaban J connectivity index is 1.66. The van der Waals surface area contributed by atoms with Gasteiger partial charge in [0.1, 0.15) is 15.6 Å². The lowest BCUT2D eigenvalue weighted by Crippen LogP contribution is -2.16. The van der Waals surface area contributed by atoms with Crippen molar-refractivity contribution in [1.29, 1.82) is 0 Å². The zero-order valence-corrected chi connectivity index (χ0v) is 18.3. The highest BCUT2D eigenvalue weighted by molar-refractivity contribution is 7.92. The second-order valence-corrected chi connectivity index (χ2v) is 10.3. The van der Waals surface area contributed by atoms with Gasteiger partial charge in [-0.2, -0.15) is 0 Å². The van der Waals surface area contributed by atoms with Gasteiger partial charge in [-0.3, -0.25) is 4.79 Å². The van der Waals surface area contributed by atoms with Gasteiger partial charge in [0, 0.05) is 4.88 Å². The number of hydrogen-bond acceptors (Lipinski definition) is 5. The molecule has 0 bridgehead atoms. The van der Waals surface area contributed by atoms with Crippen molar-refractivity contribution in [2.75, 3.05) is 12.4 Å². The Bertz CT molecular complexity index is 1150. The number of aryl methyl sites for hydroxylation is 1. The third-order valence-electron chi connectivity index (χ3n) is 5.22. The molecule has 2 aromatic carbocycles. The molecule has 0 spiro atoms. The van der Waals surface area contributed by atoms with Gasteiger partial charge < -0.3 is 10.1 Å². The molecular formula is C23H23NO4S2. The number of anilines is 1. The number of carbonyl (C=O) groups is 1. The van der Waals surface area contributed by atoms with Gasteiger partial charge in [-0.15, -0.1) is 11.3 Å². The fraction of sp³-hybridized carbons (Fsp3) is 0.261. The standard InChI is InChI=1S/C23H23NO4S2/c1-28-17-13-11-16(12-14-17)15-21(25)24-23-22(19-9-5-6-10-20(19)29-23)30(26,27)18-7-3-2-4-8-18/h2-4,7-8,11-14H,5-6,9-10,15H2,1H3,(H,24,25). The van der Waals surface area contributed by atoms with Crippen molar-refractivity contribution in [3.63, 3.8) is 0 Å². The predicted octanol–water partition coefficient (Wildman–Crippen LogP) is 4.65. The third-order valence-corrected chi connectivity index (χ3v) is 8.44. The van der Waals surface area contributed by atoms with Gasteiger partial charge in [-0.1, -0.05) is 30.3 Å². The Morgan fingerprint density at radius 1 is 1.03 bits per heavy atom. The van der Waals surface area contributed by atoms with Crippen molar-refractivity contribution in [2.45, 2.75) is 41.9 Å². The number of ether oxygens (including phenoxy) is 1. The Morgan fingerprint density at radius 3 is 2.43 bits per heavy atom. The topological polar surface area (TPSA) is 72.5 Å². The van der Waals surface area contributed by atoms with E-state index < -0.39 is 9.84 Å². The van der Waals surface area contributed by atoms with Gasteiger partial charge in [-0.05, 0) is 61.1 Å². The molecule has 7 heteroatoms. The molecule has 0 unspecified atom stereocenters. The van der Waals surface area contributed by atoms with Crippen molar-refractivity contribution >= 4 is 32.1 Å². The highest BCUT2D eigenvalue weighted by Crippen LogP contribution is 2.43. The molecule has 30 heavy (non-hydrogen) atoms. The van der Waals surface area contributed by atoms with E-state index in [9.17, 15) is 13.2 Å². The van der Waals surface area contributed by atoms with Crippen LogP contribution in [-0.2, 0) is 33.9 Å². The average Bonchev–Trinajstić information content (AvgIpc) is 3.13. The van der Waals surface area contributed by atoms with Crippen LogP contribution in [0, 0.1) is 0 Å². The smallest absolute Gasteiger partial charge is 0.229 e. The molecule has 1 amide bonds. The van der Waals surface area contributed by atoms with Crippen molar-refractivity contribution in [1.82, 2.24) is 0 Å². The normalized spacial score (nSPS) is 13.5. The monoisotopic (exact) mass is 441 g/mol. The fourth-order valence-corrected chi connectivity index (χ4v) is 7.04. The molecule has 1 aromatic heterocycles. The van der Waals surface area contributed by atoms with E-state index in [4.69, 9.17) is 4.74 Å². The number of rotatable bonds is 6. The van der Waals surface area contributed by atoms with E-state index in [1.807, 2.05) is 12.1 Å². The van der Waals surface area contributed by atoms with Gasteiger partial charge in [-0.25, -0.2) is 8.42 Å². The molecule has 1 aliphatic rings. The lowest BCUT2D eigenvalue weighted by molar-refractivity contribution is -0.115. The van der Waals surface area contributed by atoms with Gasteiger partial charge in [0.25, 0.3) is 0 Å². The van der Waals surface area contributed by atoms with Gasteiger partial charge in [0.15, 0.2) is 0 Å². The van der Waals surface area contributed by atoms with Crippen LogP contribution in [0.15, 0.2) is 64.4 Å². The van der Waals surface area contributed by atoms with Crippen molar-refractivity contribution in [3.05, 3.63) is 70.6 Å². The van der Waals surface area contributed by atoms with Crippen molar-refractivity contribution in [2.24, 2.45) is 0 Å². The average molecular weight is 442 g/mol. The summed E-state index contributed by atoms with van der Waals surface area (Å²) in [7, 11) is -2.12. The summed E-state index contributed by atoms with van der Waals surface area (Å²) in [6.45, 7) is 0. The molecule has 3 aromatic rings. The molecule has 0 saturated carbocycles. The van der Waals surface area contributed by atoms with E-state index in [2.05, 4.69) is 5.32 Å². The Kier molecular flexibility index (Phi) is 5.92. The van der Waals surface area contributed by atoms with Crippen LogP contribution in [0.5, 0.6) is 5.75 Å². The Labute approximate surface area is 180 Å². The molecule has 1 N–H and O–H groups in total. The number of methoxy groups -OCH3 is 1. The molecule has 1 aliphatic carbocycles. The van der Waals surface area contributed by atoms with Crippen molar-refractivity contribution in [3.8, 4) is 5.75 Å². The van der Waals surface area contributed by atoms with Crippen LogP contribution in [0.25, 0.3) is 0 Å². The number of carbonyl (C=O) groups excluding carboxylic acids is 1.